The molecule has 3 rings (SSSR count). The molecule has 2 aromatic rings. The van der Waals surface area contributed by atoms with Crippen molar-refractivity contribution in [1.29, 1.82) is 0 Å². The Labute approximate surface area is 164 Å². The van der Waals surface area contributed by atoms with Crippen molar-refractivity contribution in [2.75, 3.05) is 18.4 Å². The van der Waals surface area contributed by atoms with E-state index in [1.165, 1.54) is 0 Å². The van der Waals surface area contributed by atoms with Crippen molar-refractivity contribution in [2.45, 2.75) is 26.2 Å². The minimum absolute atomic E-state index is 0.0330. The van der Waals surface area contributed by atoms with Crippen molar-refractivity contribution >= 4 is 34.8 Å². The van der Waals surface area contributed by atoms with E-state index >= 15 is 0 Å². The number of anilines is 1. The monoisotopic (exact) mass is 381 g/mol. The first kappa shape index (κ1) is 19.0. The van der Waals surface area contributed by atoms with Gasteiger partial charge in [0, 0.05) is 24.3 Å². The lowest BCUT2D eigenvalue weighted by atomic mass is 10.1. The maximum atomic E-state index is 12.5. The van der Waals surface area contributed by atoms with Crippen molar-refractivity contribution in [2.24, 2.45) is 0 Å². The number of hydrogen-bond donors (Lipinski definition) is 2. The maximum absolute atomic E-state index is 12.5. The Morgan fingerprint density at radius 2 is 1.81 bits per heavy atom. The Hall–Kier alpha value is -2.73. The third-order valence-electron chi connectivity index (χ3n) is 4.63. The number of hydrogen-bond acceptors (Lipinski definition) is 3. The van der Waals surface area contributed by atoms with Crippen molar-refractivity contribution in [3.63, 3.8) is 0 Å². The van der Waals surface area contributed by atoms with E-state index in [2.05, 4.69) is 10.6 Å². The molecule has 2 aromatic carbocycles. The molecule has 2 N–H and O–H groups in total. The molecule has 0 spiro atoms. The maximum Gasteiger partial charge on any atom is 0.253 e. The Kier molecular flexibility index (Phi) is 6.19. The Balaban J connectivity index is 1.57. The summed E-state index contributed by atoms with van der Waals surface area (Å²) in [6.07, 6.45) is 2.38. The average Bonchev–Trinajstić information content (AvgIpc) is 3.17. The quantitative estimate of drug-likeness (QED) is 0.798. The summed E-state index contributed by atoms with van der Waals surface area (Å²) in [6, 6.07) is 14.9. The van der Waals surface area contributed by atoms with Crippen LogP contribution in [0.3, 0.4) is 0 Å². The van der Waals surface area contributed by atoms with Gasteiger partial charge in [-0.1, -0.05) is 30.3 Å². The highest BCUT2D eigenvalue weighted by atomic mass is 32.1. The molecule has 5 nitrogen and oxygen atoms in total. The van der Waals surface area contributed by atoms with Crippen LogP contribution in [0.4, 0.5) is 5.69 Å². The van der Waals surface area contributed by atoms with E-state index in [4.69, 9.17) is 12.2 Å². The third kappa shape index (κ3) is 5.14. The fourth-order valence-corrected chi connectivity index (χ4v) is 3.38. The van der Waals surface area contributed by atoms with E-state index in [9.17, 15) is 9.59 Å². The van der Waals surface area contributed by atoms with Crippen LogP contribution in [0.2, 0.25) is 0 Å². The fourth-order valence-electron chi connectivity index (χ4n) is 3.15. The number of nitrogens with zero attached hydrogens (tertiary/aromatic N) is 1. The minimum Gasteiger partial charge on any atom is -0.339 e. The molecular weight excluding hydrogens is 358 g/mol. The van der Waals surface area contributed by atoms with Gasteiger partial charge >= 0.3 is 0 Å². The van der Waals surface area contributed by atoms with Gasteiger partial charge in [-0.05, 0) is 61.3 Å². The van der Waals surface area contributed by atoms with Gasteiger partial charge < -0.3 is 15.5 Å². The van der Waals surface area contributed by atoms with Gasteiger partial charge in [-0.3, -0.25) is 9.59 Å². The molecule has 1 heterocycles. The molecular formula is C21H23N3O2S. The lowest BCUT2D eigenvalue weighted by molar-refractivity contribution is -0.119. The summed E-state index contributed by atoms with van der Waals surface area (Å²) in [4.78, 5) is 26.6. The van der Waals surface area contributed by atoms with Crippen molar-refractivity contribution in [3.8, 4) is 0 Å². The molecule has 0 aromatic heterocycles. The number of rotatable bonds is 4. The van der Waals surface area contributed by atoms with Gasteiger partial charge in [-0.25, -0.2) is 0 Å². The van der Waals surface area contributed by atoms with E-state index < -0.39 is 0 Å². The molecule has 0 saturated carbocycles. The number of amides is 2. The van der Waals surface area contributed by atoms with Crippen molar-refractivity contribution in [3.05, 3.63) is 65.2 Å². The average molecular weight is 382 g/mol. The molecule has 1 fully saturated rings. The second-order valence-electron chi connectivity index (χ2n) is 6.69. The number of benzene rings is 2. The van der Waals surface area contributed by atoms with Gasteiger partial charge in [0.05, 0.1) is 6.42 Å². The molecule has 1 saturated heterocycles. The zero-order valence-corrected chi connectivity index (χ0v) is 16.1. The molecule has 0 unspecified atom stereocenters. The van der Waals surface area contributed by atoms with Crippen LogP contribution in [-0.4, -0.2) is 34.9 Å². The predicted octanol–water partition coefficient (Wildman–Crippen LogP) is 3.29. The molecule has 2 amide bonds. The molecule has 0 bridgehead atoms. The number of aryl methyl sites for hydroxylation is 1. The van der Waals surface area contributed by atoms with Gasteiger partial charge in [0.2, 0.25) is 5.91 Å². The van der Waals surface area contributed by atoms with E-state index in [1.807, 2.05) is 48.2 Å². The van der Waals surface area contributed by atoms with Gasteiger partial charge in [0.25, 0.3) is 5.91 Å². The second kappa shape index (κ2) is 8.77. The van der Waals surface area contributed by atoms with Crippen LogP contribution in [0.1, 0.15) is 34.3 Å². The largest absolute Gasteiger partial charge is 0.339 e. The molecule has 0 atom stereocenters. The molecule has 0 aliphatic carbocycles. The van der Waals surface area contributed by atoms with Gasteiger partial charge in [0.1, 0.15) is 0 Å². The van der Waals surface area contributed by atoms with Gasteiger partial charge in [-0.2, -0.15) is 0 Å². The summed E-state index contributed by atoms with van der Waals surface area (Å²) in [7, 11) is 0. The number of likely N-dealkylation sites (tertiary alicyclic amines) is 1. The van der Waals surface area contributed by atoms with Gasteiger partial charge in [0.15, 0.2) is 5.11 Å². The summed E-state index contributed by atoms with van der Waals surface area (Å²) in [6.45, 7) is 3.59. The summed E-state index contributed by atoms with van der Waals surface area (Å²) in [5, 5.41) is 5.90. The Bertz CT molecular complexity index is 860. The first-order chi connectivity index (χ1) is 13.0. The van der Waals surface area contributed by atoms with Crippen LogP contribution in [0.5, 0.6) is 0 Å². The lowest BCUT2D eigenvalue weighted by Gasteiger charge is -2.16. The molecule has 6 heteroatoms. The number of thiocarbonyl (C=S) groups is 1. The first-order valence-corrected chi connectivity index (χ1v) is 9.48. The van der Waals surface area contributed by atoms with Crippen molar-refractivity contribution in [1.82, 2.24) is 10.2 Å². The minimum atomic E-state index is -0.175. The van der Waals surface area contributed by atoms with Crippen LogP contribution in [0.15, 0.2) is 48.5 Å². The highest BCUT2D eigenvalue weighted by molar-refractivity contribution is 7.80. The lowest BCUT2D eigenvalue weighted by Crippen LogP contribution is -2.35. The second-order valence-corrected chi connectivity index (χ2v) is 7.09. The summed E-state index contributed by atoms with van der Waals surface area (Å²) in [5.74, 6) is -0.142. The van der Waals surface area contributed by atoms with Crippen LogP contribution >= 0.6 is 12.2 Å². The molecule has 0 radical (unpaired) electrons. The van der Waals surface area contributed by atoms with Crippen molar-refractivity contribution < 1.29 is 9.59 Å². The topological polar surface area (TPSA) is 61.4 Å². The third-order valence-corrected chi connectivity index (χ3v) is 4.83. The smallest absolute Gasteiger partial charge is 0.253 e. The normalized spacial score (nSPS) is 13.3. The highest BCUT2D eigenvalue weighted by Crippen LogP contribution is 2.16. The number of carbonyl (C=O) groups excluding carboxylic acids is 2. The molecule has 1 aliphatic rings. The zero-order chi connectivity index (χ0) is 19.2. The SMILES string of the molecule is Cc1ccccc1CC(=O)NC(=S)Nc1cccc(C(=O)N2CCCC2)c1. The summed E-state index contributed by atoms with van der Waals surface area (Å²) >= 11 is 5.24. The number of nitrogens with one attached hydrogen (secondary N) is 2. The van der Waals surface area contributed by atoms with Gasteiger partial charge in [-0.15, -0.1) is 0 Å². The Morgan fingerprint density at radius 1 is 1.07 bits per heavy atom. The van der Waals surface area contributed by atoms with Crippen LogP contribution in [0, 0.1) is 6.92 Å². The molecule has 1 aliphatic heterocycles. The standard InChI is InChI=1S/C21H23N3O2S/c1-15-7-2-3-8-16(15)14-19(25)23-21(27)22-18-10-6-9-17(13-18)20(26)24-11-4-5-12-24/h2-3,6-10,13H,4-5,11-12,14H2,1H3,(H2,22,23,25,27). The van der Waals surface area contributed by atoms with Crippen LogP contribution < -0.4 is 10.6 Å². The fraction of sp³-hybridized carbons (Fsp3) is 0.286. The molecule has 140 valence electrons. The van der Waals surface area contributed by atoms with E-state index in [0.29, 0.717) is 11.3 Å². The van der Waals surface area contributed by atoms with Crippen LogP contribution in [-0.2, 0) is 11.2 Å². The summed E-state index contributed by atoms with van der Waals surface area (Å²) < 4.78 is 0. The van der Waals surface area contributed by atoms with E-state index in [1.54, 1.807) is 12.1 Å². The van der Waals surface area contributed by atoms with E-state index in [0.717, 1.165) is 37.1 Å². The predicted molar refractivity (Wildman–Crippen MR) is 111 cm³/mol. The van der Waals surface area contributed by atoms with E-state index in [-0.39, 0.29) is 23.3 Å². The highest BCUT2D eigenvalue weighted by Gasteiger charge is 2.19. The Morgan fingerprint density at radius 3 is 2.56 bits per heavy atom. The van der Waals surface area contributed by atoms with Crippen LogP contribution in [0.25, 0.3) is 0 Å². The zero-order valence-electron chi connectivity index (χ0n) is 15.3. The first-order valence-electron chi connectivity index (χ1n) is 9.07. The molecule has 27 heavy (non-hydrogen) atoms. The summed E-state index contributed by atoms with van der Waals surface area (Å²) in [5.41, 5.74) is 3.34. The number of carbonyl (C=O) groups is 2.